The van der Waals surface area contributed by atoms with Crippen LogP contribution in [0.4, 0.5) is 0 Å². The van der Waals surface area contributed by atoms with Crippen molar-refractivity contribution in [3.05, 3.63) is 42.0 Å². The molecule has 0 amide bonds. The molecule has 5 heteroatoms. The van der Waals surface area contributed by atoms with Crippen LogP contribution < -0.4 is 5.32 Å². The van der Waals surface area contributed by atoms with Crippen molar-refractivity contribution in [2.75, 3.05) is 20.3 Å². The van der Waals surface area contributed by atoms with Crippen LogP contribution in [-0.2, 0) is 11.3 Å². The van der Waals surface area contributed by atoms with Crippen molar-refractivity contribution in [2.24, 2.45) is 0 Å². The summed E-state index contributed by atoms with van der Waals surface area (Å²) in [7, 11) is 1.69. The Labute approximate surface area is 113 Å². The fourth-order valence-electron chi connectivity index (χ4n) is 1.75. The molecule has 0 saturated heterocycles. The summed E-state index contributed by atoms with van der Waals surface area (Å²) < 4.78 is 4.99. The van der Waals surface area contributed by atoms with Gasteiger partial charge in [-0.25, -0.2) is 9.97 Å². The van der Waals surface area contributed by atoms with E-state index in [4.69, 9.17) is 4.74 Å². The van der Waals surface area contributed by atoms with Crippen LogP contribution in [0.2, 0.25) is 0 Å². The van der Waals surface area contributed by atoms with Crippen molar-refractivity contribution < 1.29 is 4.74 Å². The second-order valence-corrected chi connectivity index (χ2v) is 4.23. The fraction of sp³-hybridized carbons (Fsp3) is 0.357. The monoisotopic (exact) mass is 258 g/mol. The van der Waals surface area contributed by atoms with E-state index in [0.29, 0.717) is 13.2 Å². The molecule has 0 aliphatic carbocycles. The number of aromatic nitrogens is 3. The average Bonchev–Trinajstić information content (AvgIpc) is 2.44. The summed E-state index contributed by atoms with van der Waals surface area (Å²) in [6.07, 6.45) is 3.50. The number of rotatable bonds is 6. The lowest BCUT2D eigenvalue weighted by atomic mass is 10.2. The summed E-state index contributed by atoms with van der Waals surface area (Å²) in [5, 5.41) is 3.28. The van der Waals surface area contributed by atoms with Gasteiger partial charge in [0.1, 0.15) is 0 Å². The first kappa shape index (κ1) is 13.6. The maximum absolute atomic E-state index is 4.99. The summed E-state index contributed by atoms with van der Waals surface area (Å²) in [5.74, 6) is 0.742. The molecule has 0 unspecified atom stereocenters. The highest BCUT2D eigenvalue weighted by Gasteiger charge is 2.04. The van der Waals surface area contributed by atoms with Gasteiger partial charge in [-0.15, -0.1) is 0 Å². The third-order valence-electron chi connectivity index (χ3n) is 2.63. The Morgan fingerprint density at radius 3 is 2.74 bits per heavy atom. The molecule has 0 atom stereocenters. The Morgan fingerprint density at radius 1 is 1.21 bits per heavy atom. The lowest BCUT2D eigenvalue weighted by molar-refractivity contribution is 0.199. The molecule has 19 heavy (non-hydrogen) atoms. The number of hydrogen-bond acceptors (Lipinski definition) is 5. The predicted octanol–water partition coefficient (Wildman–Crippen LogP) is 1.58. The predicted molar refractivity (Wildman–Crippen MR) is 73.6 cm³/mol. The third kappa shape index (κ3) is 4.08. The highest BCUT2D eigenvalue weighted by atomic mass is 16.5. The molecule has 2 rings (SSSR count). The minimum absolute atomic E-state index is 0.696. The van der Waals surface area contributed by atoms with E-state index >= 15 is 0 Å². The molecule has 2 aromatic rings. The summed E-state index contributed by atoms with van der Waals surface area (Å²) in [4.78, 5) is 13.0. The van der Waals surface area contributed by atoms with Gasteiger partial charge < -0.3 is 10.1 Å². The molecule has 0 aliphatic heterocycles. The van der Waals surface area contributed by atoms with E-state index in [1.165, 1.54) is 0 Å². The van der Waals surface area contributed by atoms with Crippen LogP contribution in [0, 0.1) is 6.92 Å². The van der Waals surface area contributed by atoms with E-state index in [1.807, 2.05) is 25.1 Å². The summed E-state index contributed by atoms with van der Waals surface area (Å²) in [6.45, 7) is 4.20. The van der Waals surface area contributed by atoms with Gasteiger partial charge in [0.25, 0.3) is 0 Å². The molecule has 0 aromatic carbocycles. The van der Waals surface area contributed by atoms with Gasteiger partial charge in [0.2, 0.25) is 0 Å². The quantitative estimate of drug-likeness (QED) is 0.797. The molecule has 2 heterocycles. The van der Waals surface area contributed by atoms with Gasteiger partial charge in [0.15, 0.2) is 5.82 Å². The molecule has 0 radical (unpaired) electrons. The number of hydrogen-bond donors (Lipinski definition) is 1. The number of methoxy groups -OCH3 is 1. The van der Waals surface area contributed by atoms with Crippen LogP contribution in [0.25, 0.3) is 11.4 Å². The van der Waals surface area contributed by atoms with Crippen LogP contribution in [0.1, 0.15) is 11.4 Å². The van der Waals surface area contributed by atoms with E-state index in [2.05, 4.69) is 20.3 Å². The Kier molecular flexibility index (Phi) is 4.94. The zero-order chi connectivity index (χ0) is 13.5. The number of nitrogens with zero attached hydrogens (tertiary/aromatic N) is 3. The van der Waals surface area contributed by atoms with Crippen LogP contribution in [0.15, 0.2) is 30.6 Å². The minimum Gasteiger partial charge on any atom is -0.383 e. The van der Waals surface area contributed by atoms with Crippen LogP contribution in [0.5, 0.6) is 0 Å². The largest absolute Gasteiger partial charge is 0.383 e. The molecule has 1 N–H and O–H groups in total. The molecule has 5 nitrogen and oxygen atoms in total. The topological polar surface area (TPSA) is 59.9 Å². The number of nitrogens with one attached hydrogen (secondary N) is 1. The molecule has 100 valence electrons. The van der Waals surface area contributed by atoms with Crippen LogP contribution in [-0.4, -0.2) is 35.2 Å². The van der Waals surface area contributed by atoms with Gasteiger partial charge in [-0.05, 0) is 25.1 Å². The molecule has 0 spiro atoms. The highest BCUT2D eigenvalue weighted by molar-refractivity contribution is 5.53. The molecular formula is C14H18N4O. The van der Waals surface area contributed by atoms with E-state index in [1.54, 1.807) is 19.5 Å². The maximum Gasteiger partial charge on any atom is 0.159 e. The zero-order valence-corrected chi connectivity index (χ0v) is 11.3. The highest BCUT2D eigenvalue weighted by Crippen LogP contribution is 2.14. The van der Waals surface area contributed by atoms with Crippen molar-refractivity contribution in [3.8, 4) is 11.4 Å². The minimum atomic E-state index is 0.696. The smallest absolute Gasteiger partial charge is 0.159 e. The van der Waals surface area contributed by atoms with Gasteiger partial charge in [0, 0.05) is 43.9 Å². The van der Waals surface area contributed by atoms with Gasteiger partial charge in [-0.1, -0.05) is 0 Å². The molecule has 0 bridgehead atoms. The molecule has 0 saturated carbocycles. The van der Waals surface area contributed by atoms with Crippen molar-refractivity contribution in [1.29, 1.82) is 0 Å². The normalized spacial score (nSPS) is 10.6. The number of aryl methyl sites for hydroxylation is 1. The van der Waals surface area contributed by atoms with E-state index in [0.717, 1.165) is 29.3 Å². The Balaban J connectivity index is 2.11. The SMILES string of the molecule is COCCNCc1cc(C)nc(-c2ccncc2)n1. The first-order chi connectivity index (χ1) is 9.29. The number of pyridine rings is 1. The average molecular weight is 258 g/mol. The standard InChI is InChI=1S/C14H18N4O/c1-11-9-13(10-16-7-8-19-2)18-14(17-11)12-3-5-15-6-4-12/h3-6,9,16H,7-8,10H2,1-2H3. The molecular weight excluding hydrogens is 240 g/mol. The summed E-state index contributed by atoms with van der Waals surface area (Å²) >= 11 is 0. The molecule has 0 fully saturated rings. The zero-order valence-electron chi connectivity index (χ0n) is 11.3. The second-order valence-electron chi connectivity index (χ2n) is 4.23. The van der Waals surface area contributed by atoms with Gasteiger partial charge >= 0.3 is 0 Å². The van der Waals surface area contributed by atoms with Crippen molar-refractivity contribution in [3.63, 3.8) is 0 Å². The van der Waals surface area contributed by atoms with Gasteiger partial charge in [-0.3, -0.25) is 4.98 Å². The Hall–Kier alpha value is -1.85. The van der Waals surface area contributed by atoms with Crippen molar-refractivity contribution in [1.82, 2.24) is 20.3 Å². The summed E-state index contributed by atoms with van der Waals surface area (Å²) in [6, 6.07) is 5.82. The first-order valence-corrected chi connectivity index (χ1v) is 6.24. The van der Waals surface area contributed by atoms with Crippen molar-refractivity contribution in [2.45, 2.75) is 13.5 Å². The molecule has 0 aliphatic rings. The summed E-state index contributed by atoms with van der Waals surface area (Å²) in [5.41, 5.74) is 2.93. The number of ether oxygens (including phenoxy) is 1. The molecule has 2 aromatic heterocycles. The van der Waals surface area contributed by atoms with E-state index < -0.39 is 0 Å². The van der Waals surface area contributed by atoms with Gasteiger partial charge in [-0.2, -0.15) is 0 Å². The van der Waals surface area contributed by atoms with Gasteiger partial charge in [0.05, 0.1) is 12.3 Å². The first-order valence-electron chi connectivity index (χ1n) is 6.24. The van der Waals surface area contributed by atoms with Crippen LogP contribution >= 0.6 is 0 Å². The van der Waals surface area contributed by atoms with Crippen LogP contribution in [0.3, 0.4) is 0 Å². The lowest BCUT2D eigenvalue weighted by Crippen LogP contribution is -2.19. The maximum atomic E-state index is 4.99. The third-order valence-corrected chi connectivity index (χ3v) is 2.63. The Morgan fingerprint density at radius 2 is 2.00 bits per heavy atom. The lowest BCUT2D eigenvalue weighted by Gasteiger charge is -2.07. The fourth-order valence-corrected chi connectivity index (χ4v) is 1.75. The van der Waals surface area contributed by atoms with Crippen molar-refractivity contribution >= 4 is 0 Å². The van der Waals surface area contributed by atoms with E-state index in [9.17, 15) is 0 Å². The van der Waals surface area contributed by atoms with E-state index in [-0.39, 0.29) is 0 Å². The second kappa shape index (κ2) is 6.92. The Bertz CT molecular complexity index is 516.